The number of hydrogen-bond donors (Lipinski definition) is 1. The Bertz CT molecular complexity index is 493. The van der Waals surface area contributed by atoms with E-state index < -0.39 is 11.6 Å². The van der Waals surface area contributed by atoms with Gasteiger partial charge in [0.1, 0.15) is 11.6 Å². The average molecular weight is 251 g/mol. The molecule has 0 aromatic heterocycles. The summed E-state index contributed by atoms with van der Waals surface area (Å²) in [6.07, 6.45) is 3.62. The third-order valence-corrected chi connectivity index (χ3v) is 3.91. The van der Waals surface area contributed by atoms with Crippen LogP contribution in [0, 0.1) is 17.6 Å². The maximum Gasteiger partial charge on any atom is 0.223 e. The molecule has 0 bridgehead atoms. The molecule has 0 saturated heterocycles. The van der Waals surface area contributed by atoms with E-state index in [0.29, 0.717) is 12.1 Å². The highest BCUT2D eigenvalue weighted by Crippen LogP contribution is 2.48. The highest BCUT2D eigenvalue weighted by molar-refractivity contribution is 5.81. The van der Waals surface area contributed by atoms with Crippen molar-refractivity contribution in [3.8, 4) is 0 Å². The Morgan fingerprint density at radius 2 is 2.06 bits per heavy atom. The molecule has 2 saturated carbocycles. The van der Waals surface area contributed by atoms with E-state index in [2.05, 4.69) is 5.32 Å². The van der Waals surface area contributed by atoms with E-state index in [1.807, 2.05) is 0 Å². The van der Waals surface area contributed by atoms with Gasteiger partial charge in [0.05, 0.1) is 0 Å². The molecule has 0 unspecified atom stereocenters. The number of hydrogen-bond acceptors (Lipinski definition) is 1. The molecule has 0 atom stereocenters. The van der Waals surface area contributed by atoms with Crippen LogP contribution in [0.25, 0.3) is 0 Å². The predicted octanol–water partition coefficient (Wildman–Crippen LogP) is 2.52. The SMILES string of the molecule is O=C(NCC1(c2ccc(F)cc2F)CC1)C1CC1. The van der Waals surface area contributed by atoms with E-state index >= 15 is 0 Å². The Kier molecular flexibility index (Phi) is 2.61. The summed E-state index contributed by atoms with van der Waals surface area (Å²) in [5.74, 6) is -0.829. The van der Waals surface area contributed by atoms with Crippen molar-refractivity contribution in [3.05, 3.63) is 35.4 Å². The van der Waals surface area contributed by atoms with Gasteiger partial charge in [0.25, 0.3) is 0 Å². The van der Waals surface area contributed by atoms with Crippen molar-refractivity contribution in [2.24, 2.45) is 5.92 Å². The second-order valence-electron chi connectivity index (χ2n) is 5.40. The van der Waals surface area contributed by atoms with Gasteiger partial charge in [-0.1, -0.05) is 6.07 Å². The second kappa shape index (κ2) is 4.04. The number of halogens is 2. The molecule has 3 rings (SSSR count). The third-order valence-electron chi connectivity index (χ3n) is 3.91. The molecule has 0 aliphatic heterocycles. The van der Waals surface area contributed by atoms with Gasteiger partial charge < -0.3 is 5.32 Å². The Hall–Kier alpha value is -1.45. The Morgan fingerprint density at radius 3 is 2.61 bits per heavy atom. The fourth-order valence-corrected chi connectivity index (χ4v) is 2.36. The molecule has 1 aromatic carbocycles. The molecule has 2 aliphatic rings. The standard InChI is InChI=1S/C14H15F2NO/c15-10-3-4-11(12(16)7-10)14(5-6-14)8-17-13(18)9-1-2-9/h3-4,7,9H,1-2,5-6,8H2,(H,17,18). The Morgan fingerprint density at radius 1 is 1.33 bits per heavy atom. The fourth-order valence-electron chi connectivity index (χ4n) is 2.36. The van der Waals surface area contributed by atoms with E-state index in [1.165, 1.54) is 12.1 Å². The molecule has 0 spiro atoms. The van der Waals surface area contributed by atoms with E-state index in [0.717, 1.165) is 31.7 Å². The lowest BCUT2D eigenvalue weighted by molar-refractivity contribution is -0.122. The third kappa shape index (κ3) is 2.11. The van der Waals surface area contributed by atoms with Gasteiger partial charge in [0, 0.05) is 23.9 Å². The number of carbonyl (C=O) groups excluding carboxylic acids is 1. The topological polar surface area (TPSA) is 29.1 Å². The van der Waals surface area contributed by atoms with Crippen LogP contribution < -0.4 is 5.32 Å². The molecule has 96 valence electrons. The van der Waals surface area contributed by atoms with Crippen LogP contribution in [0.15, 0.2) is 18.2 Å². The number of amides is 1. The molecule has 0 heterocycles. The van der Waals surface area contributed by atoms with E-state index in [9.17, 15) is 13.6 Å². The Labute approximate surface area is 104 Å². The summed E-state index contributed by atoms with van der Waals surface area (Å²) in [5, 5.41) is 2.89. The van der Waals surface area contributed by atoms with Crippen LogP contribution in [0.5, 0.6) is 0 Å². The van der Waals surface area contributed by atoms with Crippen LogP contribution in [-0.2, 0) is 10.2 Å². The van der Waals surface area contributed by atoms with Crippen LogP contribution in [-0.4, -0.2) is 12.5 Å². The van der Waals surface area contributed by atoms with Gasteiger partial charge >= 0.3 is 0 Å². The largest absolute Gasteiger partial charge is 0.355 e. The van der Waals surface area contributed by atoms with Crippen molar-refractivity contribution in [1.82, 2.24) is 5.32 Å². The van der Waals surface area contributed by atoms with Crippen molar-refractivity contribution in [3.63, 3.8) is 0 Å². The van der Waals surface area contributed by atoms with Crippen molar-refractivity contribution >= 4 is 5.91 Å². The minimum atomic E-state index is -0.561. The summed E-state index contributed by atoms with van der Waals surface area (Å²) in [6.45, 7) is 0.463. The Balaban J connectivity index is 1.71. The van der Waals surface area contributed by atoms with Crippen LogP contribution in [0.3, 0.4) is 0 Å². The molecule has 2 aliphatic carbocycles. The minimum absolute atomic E-state index is 0.0730. The van der Waals surface area contributed by atoms with Gasteiger partial charge in [-0.15, -0.1) is 0 Å². The average Bonchev–Trinajstić information content (AvgIpc) is 3.20. The van der Waals surface area contributed by atoms with Gasteiger partial charge in [0.15, 0.2) is 0 Å². The summed E-state index contributed by atoms with van der Waals surface area (Å²) in [5.41, 5.74) is 0.225. The molecule has 1 amide bonds. The molecule has 1 N–H and O–H groups in total. The van der Waals surface area contributed by atoms with E-state index in [-0.39, 0.29) is 17.2 Å². The van der Waals surface area contributed by atoms with E-state index in [1.54, 1.807) is 0 Å². The summed E-state index contributed by atoms with van der Waals surface area (Å²) < 4.78 is 26.6. The minimum Gasteiger partial charge on any atom is -0.355 e. The molecule has 2 nitrogen and oxygen atoms in total. The zero-order valence-corrected chi connectivity index (χ0v) is 10.0. The van der Waals surface area contributed by atoms with Crippen LogP contribution in [0.2, 0.25) is 0 Å². The highest BCUT2D eigenvalue weighted by atomic mass is 19.1. The lowest BCUT2D eigenvalue weighted by atomic mass is 9.95. The maximum absolute atomic E-state index is 13.7. The first-order chi connectivity index (χ1) is 8.61. The molecular weight excluding hydrogens is 236 g/mol. The quantitative estimate of drug-likeness (QED) is 0.875. The first-order valence-electron chi connectivity index (χ1n) is 6.34. The van der Waals surface area contributed by atoms with Crippen molar-refractivity contribution < 1.29 is 13.6 Å². The lowest BCUT2D eigenvalue weighted by Crippen LogP contribution is -2.33. The summed E-state index contributed by atoms with van der Waals surface area (Å²) in [7, 11) is 0. The number of benzene rings is 1. The van der Waals surface area contributed by atoms with Crippen LogP contribution in [0.1, 0.15) is 31.2 Å². The zero-order valence-electron chi connectivity index (χ0n) is 10.0. The first kappa shape index (κ1) is 11.6. The molecule has 18 heavy (non-hydrogen) atoms. The van der Waals surface area contributed by atoms with Crippen molar-refractivity contribution in [2.45, 2.75) is 31.1 Å². The summed E-state index contributed by atoms with van der Waals surface area (Å²) >= 11 is 0. The lowest BCUT2D eigenvalue weighted by Gasteiger charge is -2.17. The van der Waals surface area contributed by atoms with Gasteiger partial charge in [-0.3, -0.25) is 4.79 Å². The van der Waals surface area contributed by atoms with Crippen molar-refractivity contribution in [2.75, 3.05) is 6.54 Å². The van der Waals surface area contributed by atoms with E-state index in [4.69, 9.17) is 0 Å². The number of rotatable bonds is 4. The summed E-state index contributed by atoms with van der Waals surface area (Å²) in [6, 6.07) is 3.69. The maximum atomic E-state index is 13.7. The fraction of sp³-hybridized carbons (Fsp3) is 0.500. The predicted molar refractivity (Wildman–Crippen MR) is 63.0 cm³/mol. The zero-order chi connectivity index (χ0) is 12.8. The van der Waals surface area contributed by atoms with Crippen LogP contribution in [0.4, 0.5) is 8.78 Å². The number of carbonyl (C=O) groups is 1. The smallest absolute Gasteiger partial charge is 0.223 e. The van der Waals surface area contributed by atoms with Gasteiger partial charge in [-0.25, -0.2) is 8.78 Å². The first-order valence-corrected chi connectivity index (χ1v) is 6.34. The van der Waals surface area contributed by atoms with Gasteiger partial charge in [-0.2, -0.15) is 0 Å². The molecule has 4 heteroatoms. The molecule has 1 aromatic rings. The van der Waals surface area contributed by atoms with Crippen molar-refractivity contribution in [1.29, 1.82) is 0 Å². The normalized spacial score (nSPS) is 20.6. The summed E-state index contributed by atoms with van der Waals surface area (Å²) in [4.78, 5) is 11.6. The van der Waals surface area contributed by atoms with Crippen LogP contribution >= 0.6 is 0 Å². The monoisotopic (exact) mass is 251 g/mol. The molecular formula is C14H15F2NO. The number of nitrogens with one attached hydrogen (secondary N) is 1. The molecule has 2 fully saturated rings. The second-order valence-corrected chi connectivity index (χ2v) is 5.40. The molecule has 0 radical (unpaired) electrons. The van der Waals surface area contributed by atoms with Gasteiger partial charge in [-0.05, 0) is 37.3 Å². The highest BCUT2D eigenvalue weighted by Gasteiger charge is 2.46. The van der Waals surface area contributed by atoms with Gasteiger partial charge in [0.2, 0.25) is 5.91 Å².